The van der Waals surface area contributed by atoms with Crippen molar-refractivity contribution in [2.75, 3.05) is 4.90 Å². The number of fused-ring (bicyclic) bond motifs is 1. The molecule has 0 N–H and O–H groups in total. The summed E-state index contributed by atoms with van der Waals surface area (Å²) in [5, 5.41) is 13.7. The number of nitro groups is 1. The van der Waals surface area contributed by atoms with Crippen LogP contribution in [0.1, 0.15) is 37.2 Å². The summed E-state index contributed by atoms with van der Waals surface area (Å²) < 4.78 is 0. The number of allylic oxidation sites excluding steroid dienone is 2. The highest BCUT2D eigenvalue weighted by Gasteiger charge is 2.41. The monoisotopic (exact) mass is 412 g/mol. The molecular formula is C25H20N2O4. The molecule has 1 aliphatic heterocycles. The Morgan fingerprint density at radius 2 is 1.65 bits per heavy atom. The van der Waals surface area contributed by atoms with Crippen LogP contribution in [0.25, 0.3) is 10.8 Å². The van der Waals surface area contributed by atoms with E-state index in [2.05, 4.69) is 0 Å². The van der Waals surface area contributed by atoms with Gasteiger partial charge in [-0.1, -0.05) is 54.6 Å². The van der Waals surface area contributed by atoms with E-state index < -0.39 is 4.92 Å². The number of carbonyl (C=O) groups is 2. The first kappa shape index (κ1) is 19.2. The van der Waals surface area contributed by atoms with Gasteiger partial charge in [-0.15, -0.1) is 0 Å². The number of Topliss-reactive ketones (excluding diaryl/α,β-unsaturated/α-hetero) is 1. The van der Waals surface area contributed by atoms with Crippen LogP contribution < -0.4 is 4.90 Å². The Hall–Kier alpha value is -3.80. The molecule has 0 radical (unpaired) electrons. The number of benzene rings is 3. The van der Waals surface area contributed by atoms with E-state index in [1.807, 2.05) is 42.5 Å². The molecule has 3 aromatic carbocycles. The Labute approximate surface area is 178 Å². The number of anilines is 1. The van der Waals surface area contributed by atoms with E-state index in [4.69, 9.17) is 0 Å². The fourth-order valence-corrected chi connectivity index (χ4v) is 4.90. The highest BCUT2D eigenvalue weighted by Crippen LogP contribution is 2.46. The van der Waals surface area contributed by atoms with Crippen molar-refractivity contribution in [2.24, 2.45) is 0 Å². The van der Waals surface area contributed by atoms with Crippen LogP contribution in [0.15, 0.2) is 78.0 Å². The molecule has 0 spiro atoms. The first-order valence-electron chi connectivity index (χ1n) is 10.4. The van der Waals surface area contributed by atoms with Crippen molar-refractivity contribution in [3.05, 3.63) is 93.7 Å². The van der Waals surface area contributed by atoms with Crippen LogP contribution in [0, 0.1) is 10.1 Å². The molecule has 0 saturated carbocycles. The minimum Gasteiger partial charge on any atom is -0.294 e. The van der Waals surface area contributed by atoms with Crippen molar-refractivity contribution < 1.29 is 14.5 Å². The molecule has 2 aliphatic rings. The van der Waals surface area contributed by atoms with E-state index in [0.717, 1.165) is 16.3 Å². The Balaban J connectivity index is 1.73. The highest BCUT2D eigenvalue weighted by molar-refractivity contribution is 6.09. The zero-order valence-corrected chi connectivity index (χ0v) is 16.8. The van der Waals surface area contributed by atoms with Crippen LogP contribution in [0.2, 0.25) is 0 Å². The maximum atomic E-state index is 13.4. The van der Waals surface area contributed by atoms with Gasteiger partial charge in [-0.3, -0.25) is 24.6 Å². The Kier molecular flexibility index (Phi) is 4.62. The lowest BCUT2D eigenvalue weighted by Crippen LogP contribution is -2.40. The average molecular weight is 412 g/mol. The summed E-state index contributed by atoms with van der Waals surface area (Å²) in [6.45, 7) is 0. The second-order valence-corrected chi connectivity index (χ2v) is 7.94. The highest BCUT2D eigenvalue weighted by atomic mass is 16.6. The van der Waals surface area contributed by atoms with E-state index in [0.29, 0.717) is 30.5 Å². The molecule has 1 amide bonds. The van der Waals surface area contributed by atoms with Gasteiger partial charge in [0.15, 0.2) is 5.78 Å². The van der Waals surface area contributed by atoms with Gasteiger partial charge in [0.2, 0.25) is 5.91 Å². The van der Waals surface area contributed by atoms with Crippen LogP contribution in [0.3, 0.4) is 0 Å². The van der Waals surface area contributed by atoms with Gasteiger partial charge in [-0.25, -0.2) is 0 Å². The molecule has 0 saturated heterocycles. The topological polar surface area (TPSA) is 80.5 Å². The van der Waals surface area contributed by atoms with Crippen LogP contribution in [-0.2, 0) is 9.59 Å². The number of nitrogens with zero attached hydrogens (tertiary/aromatic N) is 2. The second kappa shape index (κ2) is 7.47. The van der Waals surface area contributed by atoms with Gasteiger partial charge in [0.25, 0.3) is 5.69 Å². The Morgan fingerprint density at radius 1 is 0.903 bits per heavy atom. The lowest BCUT2D eigenvalue weighted by atomic mass is 9.76. The molecule has 1 unspecified atom stereocenters. The SMILES string of the molecule is O=C1CCCC2=C1C(c1cccc3ccccc13)CC(=O)N2c1ccccc1[N+](=O)[O-]. The molecular weight excluding hydrogens is 392 g/mol. The summed E-state index contributed by atoms with van der Waals surface area (Å²) in [6.07, 6.45) is 1.70. The third-order valence-electron chi connectivity index (χ3n) is 6.19. The zero-order valence-electron chi connectivity index (χ0n) is 16.8. The summed E-state index contributed by atoms with van der Waals surface area (Å²) in [5.74, 6) is -0.545. The summed E-state index contributed by atoms with van der Waals surface area (Å²) in [4.78, 5) is 39.1. The number of para-hydroxylation sites is 2. The summed E-state index contributed by atoms with van der Waals surface area (Å²) >= 11 is 0. The van der Waals surface area contributed by atoms with Crippen LogP contribution in [0.4, 0.5) is 11.4 Å². The molecule has 6 nitrogen and oxygen atoms in total. The van der Waals surface area contributed by atoms with E-state index in [1.165, 1.54) is 11.0 Å². The van der Waals surface area contributed by atoms with Crippen molar-refractivity contribution in [1.29, 1.82) is 0 Å². The number of amides is 1. The van der Waals surface area contributed by atoms with Crippen LogP contribution in [-0.4, -0.2) is 16.6 Å². The lowest BCUT2D eigenvalue weighted by molar-refractivity contribution is -0.384. The van der Waals surface area contributed by atoms with Gasteiger partial charge in [0, 0.05) is 36.1 Å². The van der Waals surface area contributed by atoms with Gasteiger partial charge in [0.1, 0.15) is 5.69 Å². The number of rotatable bonds is 3. The minimum absolute atomic E-state index is 0.0234. The third-order valence-corrected chi connectivity index (χ3v) is 6.19. The maximum Gasteiger partial charge on any atom is 0.293 e. The average Bonchev–Trinajstić information content (AvgIpc) is 2.78. The van der Waals surface area contributed by atoms with Crippen molar-refractivity contribution in [3.8, 4) is 0 Å². The van der Waals surface area contributed by atoms with Crippen molar-refractivity contribution in [2.45, 2.75) is 31.6 Å². The Bertz CT molecular complexity index is 1270. The first-order chi connectivity index (χ1) is 15.1. The molecule has 154 valence electrons. The quantitative estimate of drug-likeness (QED) is 0.433. The van der Waals surface area contributed by atoms with E-state index in [1.54, 1.807) is 18.2 Å². The normalized spacial score (nSPS) is 19.0. The number of ketones is 1. The van der Waals surface area contributed by atoms with E-state index in [9.17, 15) is 19.7 Å². The fraction of sp³-hybridized carbons (Fsp3) is 0.200. The molecule has 1 aliphatic carbocycles. The van der Waals surface area contributed by atoms with E-state index >= 15 is 0 Å². The number of hydrogen-bond donors (Lipinski definition) is 0. The third kappa shape index (κ3) is 3.11. The molecule has 3 aromatic rings. The van der Waals surface area contributed by atoms with Gasteiger partial charge in [0.05, 0.1) is 4.92 Å². The lowest BCUT2D eigenvalue weighted by Gasteiger charge is -2.38. The first-order valence-corrected chi connectivity index (χ1v) is 10.4. The van der Waals surface area contributed by atoms with E-state index in [-0.39, 0.29) is 35.4 Å². The fourth-order valence-electron chi connectivity index (χ4n) is 4.90. The van der Waals surface area contributed by atoms with Crippen molar-refractivity contribution in [3.63, 3.8) is 0 Å². The molecule has 5 rings (SSSR count). The molecule has 1 heterocycles. The largest absolute Gasteiger partial charge is 0.294 e. The van der Waals surface area contributed by atoms with Gasteiger partial charge >= 0.3 is 0 Å². The maximum absolute atomic E-state index is 13.4. The summed E-state index contributed by atoms with van der Waals surface area (Å²) in [6, 6.07) is 20.1. The molecule has 1 atom stereocenters. The number of carbonyl (C=O) groups excluding carboxylic acids is 2. The van der Waals surface area contributed by atoms with Gasteiger partial charge in [-0.05, 0) is 35.2 Å². The number of hydrogen-bond acceptors (Lipinski definition) is 4. The predicted molar refractivity (Wildman–Crippen MR) is 118 cm³/mol. The predicted octanol–water partition coefficient (Wildman–Crippen LogP) is 5.28. The number of nitro benzene ring substituents is 1. The summed E-state index contributed by atoms with van der Waals surface area (Å²) in [7, 11) is 0. The van der Waals surface area contributed by atoms with Crippen molar-refractivity contribution in [1.82, 2.24) is 0 Å². The minimum atomic E-state index is -0.482. The van der Waals surface area contributed by atoms with Gasteiger partial charge < -0.3 is 0 Å². The molecule has 6 heteroatoms. The summed E-state index contributed by atoms with van der Waals surface area (Å²) in [5.41, 5.74) is 2.29. The molecule has 0 fully saturated rings. The van der Waals surface area contributed by atoms with Crippen LogP contribution in [0.5, 0.6) is 0 Å². The second-order valence-electron chi connectivity index (χ2n) is 7.94. The molecule has 0 bridgehead atoms. The van der Waals surface area contributed by atoms with Gasteiger partial charge in [-0.2, -0.15) is 0 Å². The van der Waals surface area contributed by atoms with Crippen LogP contribution >= 0.6 is 0 Å². The zero-order chi connectivity index (χ0) is 21.5. The van der Waals surface area contributed by atoms with Crippen molar-refractivity contribution >= 4 is 33.8 Å². The Morgan fingerprint density at radius 3 is 2.48 bits per heavy atom. The smallest absolute Gasteiger partial charge is 0.293 e. The molecule has 0 aromatic heterocycles. The molecule has 31 heavy (non-hydrogen) atoms. The standard InChI is InChI=1S/C25H20N2O4/c28-23-14-6-13-22-25(23)19(18-10-5-8-16-7-1-2-9-17(16)18)15-24(29)26(22)20-11-3-4-12-21(20)27(30)31/h1-5,7-12,19H,6,13-15H2.